The Morgan fingerprint density at radius 1 is 1.28 bits per heavy atom. The van der Waals surface area contributed by atoms with Gasteiger partial charge in [-0.15, -0.1) is 0 Å². The number of aromatic nitrogens is 1. The van der Waals surface area contributed by atoms with Crippen LogP contribution in [0, 0.1) is 5.92 Å². The second-order valence-corrected chi connectivity index (χ2v) is 8.67. The molecule has 1 aromatic carbocycles. The van der Waals surface area contributed by atoms with Gasteiger partial charge in [-0.1, -0.05) is 30.7 Å². The first-order chi connectivity index (χ1) is 15.4. The van der Waals surface area contributed by atoms with Gasteiger partial charge in [0.05, 0.1) is 19.1 Å². The lowest BCUT2D eigenvalue weighted by atomic mass is 9.97. The summed E-state index contributed by atoms with van der Waals surface area (Å²) in [7, 11) is 0. The van der Waals surface area contributed by atoms with Crippen LogP contribution in [0.25, 0.3) is 0 Å². The van der Waals surface area contributed by atoms with Crippen LogP contribution < -0.4 is 0 Å². The number of hydrogen-bond acceptors (Lipinski definition) is 6. The number of halogens is 1. The molecule has 1 fully saturated rings. The number of nitrogens with zero attached hydrogens (tertiary/aromatic N) is 3. The van der Waals surface area contributed by atoms with Crippen molar-refractivity contribution in [3.63, 3.8) is 0 Å². The fraction of sp³-hybridized carbons (Fsp3) is 0.542. The van der Waals surface area contributed by atoms with Gasteiger partial charge < -0.3 is 14.1 Å². The van der Waals surface area contributed by atoms with Crippen LogP contribution in [0.1, 0.15) is 62.0 Å². The minimum atomic E-state index is -0.173. The fourth-order valence-corrected chi connectivity index (χ4v) is 4.10. The monoisotopic (exact) mass is 461 g/mol. The van der Waals surface area contributed by atoms with Crippen LogP contribution in [0.4, 0.5) is 0 Å². The van der Waals surface area contributed by atoms with E-state index in [2.05, 4.69) is 23.7 Å². The molecule has 3 rings (SSSR count). The number of rotatable bonds is 9. The molecule has 2 heterocycles. The number of carbonyl (C=O) groups excluding carboxylic acids is 2. The largest absolute Gasteiger partial charge is 0.466 e. The van der Waals surface area contributed by atoms with E-state index in [1.54, 1.807) is 11.8 Å². The highest BCUT2D eigenvalue weighted by molar-refractivity contribution is 6.30. The van der Waals surface area contributed by atoms with Gasteiger partial charge in [-0.25, -0.2) is 4.98 Å². The Labute approximate surface area is 194 Å². The van der Waals surface area contributed by atoms with Crippen LogP contribution >= 0.6 is 11.6 Å². The Kier molecular flexibility index (Phi) is 8.70. The highest BCUT2D eigenvalue weighted by Crippen LogP contribution is 2.21. The summed E-state index contributed by atoms with van der Waals surface area (Å²) in [5.41, 5.74) is 1.42. The van der Waals surface area contributed by atoms with E-state index in [0.29, 0.717) is 68.3 Å². The first-order valence-electron chi connectivity index (χ1n) is 11.3. The zero-order valence-electron chi connectivity index (χ0n) is 19.1. The number of hydrogen-bond donors (Lipinski definition) is 0. The summed E-state index contributed by atoms with van der Waals surface area (Å²) in [5.74, 6) is 0.0416. The van der Waals surface area contributed by atoms with Gasteiger partial charge in [0.1, 0.15) is 6.26 Å². The smallest absolute Gasteiger partial charge is 0.309 e. The van der Waals surface area contributed by atoms with Crippen molar-refractivity contribution in [2.24, 2.45) is 5.92 Å². The highest BCUT2D eigenvalue weighted by Gasteiger charge is 2.30. The van der Waals surface area contributed by atoms with Crippen molar-refractivity contribution < 1.29 is 18.7 Å². The average molecular weight is 462 g/mol. The molecular weight excluding hydrogens is 430 g/mol. The molecule has 1 aromatic heterocycles. The maximum absolute atomic E-state index is 12.9. The Hall–Kier alpha value is -2.38. The van der Waals surface area contributed by atoms with Gasteiger partial charge in [-0.3, -0.25) is 14.5 Å². The van der Waals surface area contributed by atoms with E-state index in [4.69, 9.17) is 20.8 Å². The lowest BCUT2D eigenvalue weighted by Crippen LogP contribution is -2.40. The normalized spacial score (nSPS) is 15.7. The number of benzene rings is 1. The summed E-state index contributed by atoms with van der Waals surface area (Å²) in [6.07, 6.45) is 3.62. The van der Waals surface area contributed by atoms with Crippen LogP contribution in [-0.4, -0.2) is 52.4 Å². The van der Waals surface area contributed by atoms with Crippen molar-refractivity contribution in [3.8, 4) is 0 Å². The second-order valence-electron chi connectivity index (χ2n) is 8.24. The summed E-state index contributed by atoms with van der Waals surface area (Å²) in [4.78, 5) is 33.3. The van der Waals surface area contributed by atoms with E-state index in [0.717, 1.165) is 12.0 Å². The van der Waals surface area contributed by atoms with Crippen molar-refractivity contribution in [2.45, 2.75) is 59.2 Å². The van der Waals surface area contributed by atoms with Crippen molar-refractivity contribution in [1.82, 2.24) is 14.8 Å². The molecular formula is C24H32ClN3O4. The quantitative estimate of drug-likeness (QED) is 0.510. The fourth-order valence-electron chi connectivity index (χ4n) is 3.89. The van der Waals surface area contributed by atoms with Crippen molar-refractivity contribution in [3.05, 3.63) is 52.7 Å². The van der Waals surface area contributed by atoms with Crippen LogP contribution in [0.5, 0.6) is 0 Å². The average Bonchev–Trinajstić information content (AvgIpc) is 3.26. The molecule has 174 valence electrons. The summed E-state index contributed by atoms with van der Waals surface area (Å²) in [5, 5.41) is 0.710. The predicted octanol–water partition coefficient (Wildman–Crippen LogP) is 4.54. The Morgan fingerprint density at radius 2 is 2.03 bits per heavy atom. The molecule has 1 aliphatic rings. The molecule has 0 N–H and O–H groups in total. The molecule has 1 saturated heterocycles. The minimum Gasteiger partial charge on any atom is -0.466 e. The number of amides is 1. The molecule has 1 amide bonds. The first kappa shape index (κ1) is 24.3. The van der Waals surface area contributed by atoms with E-state index in [1.807, 2.05) is 24.3 Å². The van der Waals surface area contributed by atoms with Gasteiger partial charge in [-0.05, 0) is 50.8 Å². The summed E-state index contributed by atoms with van der Waals surface area (Å²) in [6, 6.07) is 8.12. The topological polar surface area (TPSA) is 75.9 Å². The van der Waals surface area contributed by atoms with E-state index in [1.165, 1.54) is 6.26 Å². The zero-order valence-corrected chi connectivity index (χ0v) is 19.8. The zero-order chi connectivity index (χ0) is 23.1. The van der Waals surface area contributed by atoms with E-state index in [-0.39, 0.29) is 17.8 Å². The van der Waals surface area contributed by atoms with E-state index >= 15 is 0 Å². The third-order valence-corrected chi connectivity index (χ3v) is 6.24. The van der Waals surface area contributed by atoms with Gasteiger partial charge in [0.15, 0.2) is 5.69 Å². The molecule has 32 heavy (non-hydrogen) atoms. The molecule has 1 aliphatic heterocycles. The number of carbonyl (C=O) groups is 2. The summed E-state index contributed by atoms with van der Waals surface area (Å²) in [6.45, 7) is 8.72. The van der Waals surface area contributed by atoms with Gasteiger partial charge in [0.25, 0.3) is 5.91 Å². The Bertz CT molecular complexity index is 908. The molecule has 2 aromatic rings. The van der Waals surface area contributed by atoms with Crippen LogP contribution in [0.15, 0.2) is 34.9 Å². The summed E-state index contributed by atoms with van der Waals surface area (Å²) >= 11 is 6.14. The lowest BCUT2D eigenvalue weighted by Gasteiger charge is -2.30. The van der Waals surface area contributed by atoms with Crippen LogP contribution in [0.2, 0.25) is 5.02 Å². The van der Waals surface area contributed by atoms with E-state index in [9.17, 15) is 9.59 Å². The number of oxazole rings is 1. The maximum atomic E-state index is 12.9. The third kappa shape index (κ3) is 6.33. The summed E-state index contributed by atoms with van der Waals surface area (Å²) < 4.78 is 10.8. The maximum Gasteiger partial charge on any atom is 0.309 e. The molecule has 8 heteroatoms. The highest BCUT2D eigenvalue weighted by atomic mass is 35.5. The molecule has 1 atom stereocenters. The SMILES string of the molecule is CCOC(=O)C1CCN(C(=O)c2coc(CN(Cc3cccc(Cl)c3)[C@@H](C)CC)n2)CC1. The predicted molar refractivity (Wildman–Crippen MR) is 122 cm³/mol. The number of likely N-dealkylation sites (tertiary alicyclic amines) is 1. The Balaban J connectivity index is 1.61. The molecule has 7 nitrogen and oxygen atoms in total. The van der Waals surface area contributed by atoms with E-state index < -0.39 is 0 Å². The van der Waals surface area contributed by atoms with Gasteiger partial charge in [-0.2, -0.15) is 0 Å². The number of ether oxygens (including phenoxy) is 1. The van der Waals surface area contributed by atoms with Crippen LogP contribution in [-0.2, 0) is 22.6 Å². The molecule has 0 unspecified atom stereocenters. The van der Waals surface area contributed by atoms with Crippen molar-refractivity contribution >= 4 is 23.5 Å². The Morgan fingerprint density at radius 3 is 2.69 bits per heavy atom. The van der Waals surface area contributed by atoms with Crippen molar-refractivity contribution in [1.29, 1.82) is 0 Å². The molecule has 0 spiro atoms. The van der Waals surface area contributed by atoms with Gasteiger partial charge in [0.2, 0.25) is 5.89 Å². The van der Waals surface area contributed by atoms with Crippen molar-refractivity contribution in [2.75, 3.05) is 19.7 Å². The molecule has 0 aliphatic carbocycles. The minimum absolute atomic E-state index is 0.137. The third-order valence-electron chi connectivity index (χ3n) is 6.00. The number of piperidine rings is 1. The second kappa shape index (κ2) is 11.5. The standard InChI is InChI=1S/C24H32ClN3O4/c1-4-17(3)28(14-18-7-6-8-20(25)13-18)15-22-26-21(16-32-22)23(29)27-11-9-19(10-12-27)24(30)31-5-2/h6-8,13,16-17,19H,4-5,9-12,14-15H2,1-3H3/t17-/m0/s1. The molecule has 0 radical (unpaired) electrons. The van der Waals surface area contributed by atoms with Gasteiger partial charge >= 0.3 is 5.97 Å². The molecule has 0 bridgehead atoms. The lowest BCUT2D eigenvalue weighted by molar-refractivity contribution is -0.149. The number of esters is 1. The van der Waals surface area contributed by atoms with Gasteiger partial charge in [0, 0.05) is 30.7 Å². The van der Waals surface area contributed by atoms with Crippen LogP contribution in [0.3, 0.4) is 0 Å². The molecule has 0 saturated carbocycles. The first-order valence-corrected chi connectivity index (χ1v) is 11.7.